The Kier molecular flexibility index (Phi) is 4.32. The minimum absolute atomic E-state index is 0.321. The second-order valence-electron chi connectivity index (χ2n) is 5.05. The van der Waals surface area contributed by atoms with Crippen molar-refractivity contribution in [3.63, 3.8) is 0 Å². The number of nitrogens with one attached hydrogen (secondary N) is 1. The molecule has 1 aliphatic heterocycles. The normalized spacial score (nSPS) is 23.4. The summed E-state index contributed by atoms with van der Waals surface area (Å²) < 4.78 is 4.79. The lowest BCUT2D eigenvalue weighted by Crippen LogP contribution is -2.25. The number of hydrogen-bond acceptors (Lipinski definition) is 4. The maximum atomic E-state index is 11.7. The van der Waals surface area contributed by atoms with E-state index in [2.05, 4.69) is 24.2 Å². The zero-order valence-corrected chi connectivity index (χ0v) is 12.2. The van der Waals surface area contributed by atoms with Gasteiger partial charge in [-0.25, -0.2) is 4.79 Å². The maximum Gasteiger partial charge on any atom is 0.339 e. The zero-order valence-electron chi connectivity index (χ0n) is 11.4. The van der Waals surface area contributed by atoms with Gasteiger partial charge in [0.2, 0.25) is 0 Å². The Labute approximate surface area is 118 Å². The highest BCUT2D eigenvalue weighted by Gasteiger charge is 2.27. The van der Waals surface area contributed by atoms with Crippen molar-refractivity contribution in [1.82, 2.24) is 4.90 Å². The first-order valence-corrected chi connectivity index (χ1v) is 6.73. The number of halogens is 1. The van der Waals surface area contributed by atoms with Crippen molar-refractivity contribution in [3.05, 3.63) is 28.8 Å². The molecule has 1 fully saturated rings. The smallest absolute Gasteiger partial charge is 0.339 e. The number of benzene rings is 1. The quantitative estimate of drug-likeness (QED) is 0.866. The highest BCUT2D eigenvalue weighted by atomic mass is 35.5. The molecule has 0 spiro atoms. The van der Waals surface area contributed by atoms with E-state index >= 15 is 0 Å². The van der Waals surface area contributed by atoms with Gasteiger partial charge in [0.15, 0.2) is 0 Å². The second-order valence-corrected chi connectivity index (χ2v) is 5.48. The van der Waals surface area contributed by atoms with Crippen LogP contribution in [0.3, 0.4) is 0 Å². The van der Waals surface area contributed by atoms with Crippen LogP contribution in [0, 0.1) is 0 Å². The Morgan fingerprint density at radius 1 is 1.53 bits per heavy atom. The number of methoxy groups -OCH3 is 1. The van der Waals surface area contributed by atoms with E-state index in [4.69, 9.17) is 16.3 Å². The van der Waals surface area contributed by atoms with Gasteiger partial charge in [0.05, 0.1) is 18.4 Å². The average molecular weight is 283 g/mol. The van der Waals surface area contributed by atoms with Crippen LogP contribution in [0.2, 0.25) is 5.02 Å². The summed E-state index contributed by atoms with van der Waals surface area (Å²) in [6.07, 6.45) is 1.05. The van der Waals surface area contributed by atoms with Crippen LogP contribution in [0.5, 0.6) is 0 Å². The molecule has 1 N–H and O–H groups in total. The van der Waals surface area contributed by atoms with Crippen LogP contribution in [0.15, 0.2) is 18.2 Å². The minimum Gasteiger partial charge on any atom is -0.465 e. The van der Waals surface area contributed by atoms with Crippen LogP contribution in [0.4, 0.5) is 5.69 Å². The van der Waals surface area contributed by atoms with Gasteiger partial charge in [0, 0.05) is 23.7 Å². The summed E-state index contributed by atoms with van der Waals surface area (Å²) in [5, 5.41) is 4.01. The topological polar surface area (TPSA) is 41.6 Å². The summed E-state index contributed by atoms with van der Waals surface area (Å²) >= 11 is 6.00. The first kappa shape index (κ1) is 14.2. The zero-order chi connectivity index (χ0) is 14.0. The molecule has 5 heteroatoms. The van der Waals surface area contributed by atoms with Crippen molar-refractivity contribution in [1.29, 1.82) is 0 Å². The third-order valence-electron chi connectivity index (χ3n) is 3.63. The van der Waals surface area contributed by atoms with Crippen LogP contribution in [-0.4, -0.2) is 43.7 Å². The van der Waals surface area contributed by atoms with Crippen molar-refractivity contribution in [2.24, 2.45) is 0 Å². The molecule has 19 heavy (non-hydrogen) atoms. The number of likely N-dealkylation sites (N-methyl/N-ethyl adjacent to an activating group) is 1. The van der Waals surface area contributed by atoms with E-state index in [0.29, 0.717) is 22.7 Å². The van der Waals surface area contributed by atoms with Crippen LogP contribution in [0.25, 0.3) is 0 Å². The monoisotopic (exact) mass is 282 g/mol. The van der Waals surface area contributed by atoms with E-state index in [1.165, 1.54) is 7.11 Å². The minimum atomic E-state index is -0.349. The summed E-state index contributed by atoms with van der Waals surface area (Å²) in [4.78, 5) is 14.0. The highest BCUT2D eigenvalue weighted by Crippen LogP contribution is 2.25. The third-order valence-corrected chi connectivity index (χ3v) is 3.87. The van der Waals surface area contributed by atoms with Crippen molar-refractivity contribution in [2.45, 2.75) is 25.4 Å². The summed E-state index contributed by atoms with van der Waals surface area (Å²) in [7, 11) is 3.48. The lowest BCUT2D eigenvalue weighted by molar-refractivity contribution is 0.0602. The Morgan fingerprint density at radius 2 is 2.26 bits per heavy atom. The molecule has 2 rings (SSSR count). The fourth-order valence-electron chi connectivity index (χ4n) is 2.44. The van der Waals surface area contributed by atoms with Gasteiger partial charge in [-0.2, -0.15) is 0 Å². The molecule has 2 unspecified atom stereocenters. The molecule has 1 saturated heterocycles. The predicted octanol–water partition coefficient (Wildman–Crippen LogP) is 2.63. The molecule has 1 aromatic carbocycles. The van der Waals surface area contributed by atoms with Gasteiger partial charge in [0.1, 0.15) is 0 Å². The number of likely N-dealkylation sites (tertiary alicyclic amines) is 1. The summed E-state index contributed by atoms with van der Waals surface area (Å²) in [6.45, 7) is 3.15. The number of hydrogen-bond donors (Lipinski definition) is 1. The van der Waals surface area contributed by atoms with Crippen LogP contribution >= 0.6 is 11.6 Å². The number of ether oxygens (including phenoxy) is 1. The van der Waals surface area contributed by atoms with Gasteiger partial charge in [-0.05, 0) is 38.6 Å². The number of carbonyl (C=O) groups is 1. The van der Waals surface area contributed by atoms with Crippen molar-refractivity contribution >= 4 is 23.3 Å². The number of rotatable bonds is 3. The highest BCUT2D eigenvalue weighted by molar-refractivity contribution is 6.31. The van der Waals surface area contributed by atoms with Crippen molar-refractivity contribution < 1.29 is 9.53 Å². The second kappa shape index (κ2) is 5.80. The van der Waals surface area contributed by atoms with Crippen LogP contribution < -0.4 is 5.32 Å². The number of esters is 1. The van der Waals surface area contributed by atoms with Crippen LogP contribution in [-0.2, 0) is 4.74 Å². The molecule has 0 saturated carbocycles. The lowest BCUT2D eigenvalue weighted by atomic mass is 10.1. The molecule has 0 amide bonds. The summed E-state index contributed by atoms with van der Waals surface area (Å²) in [6, 6.07) is 6.03. The average Bonchev–Trinajstić information content (AvgIpc) is 2.67. The van der Waals surface area contributed by atoms with E-state index in [1.807, 2.05) is 0 Å². The number of carbonyl (C=O) groups excluding carboxylic acids is 1. The first-order valence-electron chi connectivity index (χ1n) is 6.36. The van der Waals surface area contributed by atoms with Crippen LogP contribution in [0.1, 0.15) is 23.7 Å². The van der Waals surface area contributed by atoms with Gasteiger partial charge in [-0.1, -0.05) is 11.6 Å². The number of anilines is 1. The molecule has 0 bridgehead atoms. The fraction of sp³-hybridized carbons (Fsp3) is 0.500. The van der Waals surface area contributed by atoms with Crippen molar-refractivity contribution in [2.75, 3.05) is 26.0 Å². The van der Waals surface area contributed by atoms with E-state index in [1.54, 1.807) is 18.2 Å². The fourth-order valence-corrected chi connectivity index (χ4v) is 2.61. The standard InChI is InChI=1S/C14H19ClN2O2/c1-9-6-11(8-17(9)2)16-13-7-10(15)4-5-12(13)14(18)19-3/h4-5,7,9,11,16H,6,8H2,1-3H3. The van der Waals surface area contributed by atoms with E-state index < -0.39 is 0 Å². The molecule has 1 heterocycles. The Hall–Kier alpha value is -1.26. The number of nitrogens with zero attached hydrogens (tertiary/aromatic N) is 1. The molecule has 4 nitrogen and oxygen atoms in total. The van der Waals surface area contributed by atoms with Gasteiger partial charge >= 0.3 is 5.97 Å². The molecule has 1 aromatic rings. The Bertz CT molecular complexity index is 469. The molecular formula is C14H19ClN2O2. The molecule has 104 valence electrons. The molecule has 0 radical (unpaired) electrons. The summed E-state index contributed by atoms with van der Waals surface area (Å²) in [5.41, 5.74) is 1.26. The Morgan fingerprint density at radius 3 is 2.84 bits per heavy atom. The largest absolute Gasteiger partial charge is 0.465 e. The van der Waals surface area contributed by atoms with Gasteiger partial charge < -0.3 is 15.0 Å². The van der Waals surface area contributed by atoms with Gasteiger partial charge in [-0.3, -0.25) is 0 Å². The van der Waals surface area contributed by atoms with Gasteiger partial charge in [0.25, 0.3) is 0 Å². The molecule has 0 aliphatic carbocycles. The van der Waals surface area contributed by atoms with E-state index in [9.17, 15) is 4.79 Å². The lowest BCUT2D eigenvalue weighted by Gasteiger charge is -2.17. The molecule has 2 atom stereocenters. The van der Waals surface area contributed by atoms with Gasteiger partial charge in [-0.15, -0.1) is 0 Å². The SMILES string of the molecule is COC(=O)c1ccc(Cl)cc1NC1CC(C)N(C)C1. The maximum absolute atomic E-state index is 11.7. The van der Waals surface area contributed by atoms with E-state index in [0.717, 1.165) is 18.7 Å². The first-order chi connectivity index (χ1) is 9.01. The third kappa shape index (κ3) is 3.19. The summed E-state index contributed by atoms with van der Waals surface area (Å²) in [5.74, 6) is -0.349. The van der Waals surface area contributed by atoms with E-state index in [-0.39, 0.29) is 5.97 Å². The van der Waals surface area contributed by atoms with Crippen molar-refractivity contribution in [3.8, 4) is 0 Å². The predicted molar refractivity (Wildman–Crippen MR) is 76.9 cm³/mol. The molecule has 1 aliphatic rings. The Balaban J connectivity index is 2.19. The molecule has 0 aromatic heterocycles. The molecular weight excluding hydrogens is 264 g/mol.